The van der Waals surface area contributed by atoms with E-state index >= 15 is 0 Å². The maximum atomic E-state index is 13.6. The molecule has 0 fully saturated rings. The van der Waals surface area contributed by atoms with Crippen molar-refractivity contribution in [1.82, 2.24) is 10.3 Å². The van der Waals surface area contributed by atoms with E-state index in [0.717, 1.165) is 22.4 Å². The van der Waals surface area contributed by atoms with E-state index < -0.39 is 6.17 Å². The van der Waals surface area contributed by atoms with Gasteiger partial charge in [0.1, 0.15) is 0 Å². The minimum atomic E-state index is -1.03. The van der Waals surface area contributed by atoms with Crippen LogP contribution in [-0.2, 0) is 11.2 Å². The van der Waals surface area contributed by atoms with Crippen LogP contribution < -0.4 is 16.0 Å². The van der Waals surface area contributed by atoms with Crippen molar-refractivity contribution in [2.45, 2.75) is 18.6 Å². The molecule has 0 spiro atoms. The van der Waals surface area contributed by atoms with Crippen LogP contribution in [0, 0.1) is 0 Å². The molecule has 7 nitrogen and oxygen atoms in total. The van der Waals surface area contributed by atoms with Crippen LogP contribution >= 0.6 is 0 Å². The Morgan fingerprint density at radius 2 is 1.87 bits per heavy atom. The highest BCUT2D eigenvalue weighted by Crippen LogP contribution is 2.44. The van der Waals surface area contributed by atoms with Crippen molar-refractivity contribution in [3.05, 3.63) is 89.2 Å². The minimum absolute atomic E-state index is 0.184. The molecule has 7 heteroatoms. The Labute approximate surface area is 173 Å². The summed E-state index contributed by atoms with van der Waals surface area (Å²) >= 11 is 0. The molecule has 2 aromatic carbocycles. The summed E-state index contributed by atoms with van der Waals surface area (Å²) in [6.07, 6.45) is 4.31. The highest BCUT2D eigenvalue weighted by Gasteiger charge is 2.41. The predicted octanol–water partition coefficient (Wildman–Crippen LogP) is 2.48. The third-order valence-corrected chi connectivity index (χ3v) is 5.44. The van der Waals surface area contributed by atoms with Gasteiger partial charge >= 0.3 is 0 Å². The number of hydrogen-bond acceptors (Lipinski definition) is 5. The second-order valence-corrected chi connectivity index (χ2v) is 7.35. The van der Waals surface area contributed by atoms with E-state index in [1.54, 1.807) is 23.2 Å². The first-order valence-corrected chi connectivity index (χ1v) is 9.66. The van der Waals surface area contributed by atoms with Crippen LogP contribution in [0.4, 0.5) is 11.4 Å². The lowest BCUT2D eigenvalue weighted by Gasteiger charge is -2.28. The molecule has 5 rings (SSSR count). The summed E-state index contributed by atoms with van der Waals surface area (Å²) in [5, 5.41) is 2.75. The fourth-order valence-electron chi connectivity index (χ4n) is 4.11. The van der Waals surface area contributed by atoms with E-state index in [2.05, 4.69) is 15.3 Å². The molecular formula is C23H19N5O2. The van der Waals surface area contributed by atoms with Crippen LogP contribution in [-0.4, -0.2) is 29.2 Å². The van der Waals surface area contributed by atoms with Crippen LogP contribution in [0.1, 0.15) is 33.1 Å². The van der Waals surface area contributed by atoms with Gasteiger partial charge in [0.25, 0.3) is 11.8 Å². The minimum Gasteiger partial charge on any atom is -0.399 e. The standard InChI is InChI=1S/C23H19N5O2/c24-18-10-16-12-19(14-4-2-1-3-5-14)28-20(16)17(11-18)13-26-21(23(28)30)27-22(29)15-6-8-25-9-7-15/h1-11,13,19,21H,12,24H2,(H,27,29). The molecule has 0 bridgehead atoms. The lowest BCUT2D eigenvalue weighted by molar-refractivity contribution is -0.120. The van der Waals surface area contributed by atoms with Gasteiger partial charge in [0, 0.05) is 35.4 Å². The van der Waals surface area contributed by atoms with Crippen molar-refractivity contribution in [3.63, 3.8) is 0 Å². The Kier molecular flexibility index (Phi) is 4.28. The molecule has 0 radical (unpaired) electrons. The number of rotatable bonds is 3. The molecule has 2 amide bonds. The molecule has 3 aromatic rings. The zero-order valence-electron chi connectivity index (χ0n) is 16.0. The molecule has 0 aliphatic carbocycles. The average Bonchev–Trinajstić information content (AvgIpc) is 3.10. The summed E-state index contributed by atoms with van der Waals surface area (Å²) in [5.41, 5.74) is 10.7. The number of aromatic nitrogens is 1. The second kappa shape index (κ2) is 7.11. The number of hydrogen-bond donors (Lipinski definition) is 2. The van der Waals surface area contributed by atoms with Gasteiger partial charge in [-0.1, -0.05) is 30.3 Å². The van der Waals surface area contributed by atoms with Gasteiger partial charge < -0.3 is 16.0 Å². The summed E-state index contributed by atoms with van der Waals surface area (Å²) in [7, 11) is 0. The highest BCUT2D eigenvalue weighted by molar-refractivity contribution is 6.09. The Bertz CT molecular complexity index is 1160. The molecule has 1 aromatic heterocycles. The van der Waals surface area contributed by atoms with Crippen LogP contribution in [0.5, 0.6) is 0 Å². The highest BCUT2D eigenvalue weighted by atomic mass is 16.2. The fraction of sp³-hybridized carbons (Fsp3) is 0.130. The van der Waals surface area contributed by atoms with Crippen molar-refractivity contribution in [2.75, 3.05) is 10.6 Å². The van der Waals surface area contributed by atoms with Crippen LogP contribution in [0.3, 0.4) is 0 Å². The summed E-state index contributed by atoms with van der Waals surface area (Å²) in [6, 6.07) is 16.6. The number of anilines is 2. The largest absolute Gasteiger partial charge is 0.399 e. The summed E-state index contributed by atoms with van der Waals surface area (Å²) < 4.78 is 0. The Balaban J connectivity index is 1.55. The van der Waals surface area contributed by atoms with Crippen molar-refractivity contribution in [3.8, 4) is 0 Å². The molecule has 2 aliphatic heterocycles. The van der Waals surface area contributed by atoms with E-state index in [9.17, 15) is 9.59 Å². The molecule has 3 N–H and O–H groups in total. The number of nitrogens with one attached hydrogen (secondary N) is 1. The number of nitrogen functional groups attached to an aromatic ring is 1. The second-order valence-electron chi connectivity index (χ2n) is 7.35. The lowest BCUT2D eigenvalue weighted by Crippen LogP contribution is -2.47. The average molecular weight is 397 g/mol. The molecule has 2 unspecified atom stereocenters. The number of carbonyl (C=O) groups is 2. The number of pyridine rings is 1. The number of nitrogens with two attached hydrogens (primary N) is 1. The molecule has 2 atom stereocenters. The quantitative estimate of drug-likeness (QED) is 0.663. The molecule has 0 saturated heterocycles. The Hall–Kier alpha value is -4.00. The zero-order valence-corrected chi connectivity index (χ0v) is 16.0. The van der Waals surface area contributed by atoms with Crippen molar-refractivity contribution >= 4 is 29.4 Å². The molecular weight excluding hydrogens is 378 g/mol. The van der Waals surface area contributed by atoms with Crippen molar-refractivity contribution in [2.24, 2.45) is 4.99 Å². The summed E-state index contributed by atoms with van der Waals surface area (Å²) in [4.78, 5) is 36.3. The van der Waals surface area contributed by atoms with E-state index in [1.807, 2.05) is 42.5 Å². The Morgan fingerprint density at radius 3 is 2.63 bits per heavy atom. The van der Waals surface area contributed by atoms with Gasteiger partial charge in [0.15, 0.2) is 0 Å². The lowest BCUT2D eigenvalue weighted by atomic mass is 10.0. The maximum absolute atomic E-state index is 13.6. The number of aliphatic imine (C=N–C) groups is 1. The Morgan fingerprint density at radius 1 is 1.10 bits per heavy atom. The summed E-state index contributed by atoms with van der Waals surface area (Å²) in [5.74, 6) is -0.654. The van der Waals surface area contributed by atoms with Gasteiger partial charge in [-0.25, -0.2) is 0 Å². The van der Waals surface area contributed by atoms with E-state index in [-0.39, 0.29) is 17.9 Å². The van der Waals surface area contributed by atoms with E-state index in [0.29, 0.717) is 17.7 Å². The SMILES string of the molecule is Nc1cc2c3c(c1)CC(c1ccccc1)N3C(=O)C(NC(=O)c1ccncc1)N=C2. The molecule has 30 heavy (non-hydrogen) atoms. The molecule has 148 valence electrons. The first-order chi connectivity index (χ1) is 14.6. The number of benzene rings is 2. The number of amides is 2. The number of nitrogens with zero attached hydrogens (tertiary/aromatic N) is 3. The molecule has 3 heterocycles. The normalized spacial score (nSPS) is 19.3. The smallest absolute Gasteiger partial charge is 0.272 e. The van der Waals surface area contributed by atoms with Crippen LogP contribution in [0.15, 0.2) is 72.0 Å². The van der Waals surface area contributed by atoms with Gasteiger partial charge in [-0.2, -0.15) is 0 Å². The molecule has 2 aliphatic rings. The monoisotopic (exact) mass is 397 g/mol. The third kappa shape index (κ3) is 3.00. The van der Waals surface area contributed by atoms with Crippen LogP contribution in [0.25, 0.3) is 0 Å². The zero-order chi connectivity index (χ0) is 20.7. The first-order valence-electron chi connectivity index (χ1n) is 9.66. The van der Waals surface area contributed by atoms with Gasteiger partial charge in [-0.3, -0.25) is 19.6 Å². The van der Waals surface area contributed by atoms with Crippen molar-refractivity contribution in [1.29, 1.82) is 0 Å². The van der Waals surface area contributed by atoms with Gasteiger partial charge in [-0.15, -0.1) is 0 Å². The topological polar surface area (TPSA) is 101 Å². The molecule has 0 saturated carbocycles. The maximum Gasteiger partial charge on any atom is 0.272 e. The third-order valence-electron chi connectivity index (χ3n) is 5.44. The predicted molar refractivity (Wildman–Crippen MR) is 114 cm³/mol. The van der Waals surface area contributed by atoms with Gasteiger partial charge in [0.05, 0.1) is 11.7 Å². The van der Waals surface area contributed by atoms with E-state index in [4.69, 9.17) is 5.73 Å². The van der Waals surface area contributed by atoms with Gasteiger partial charge in [0.2, 0.25) is 6.17 Å². The van der Waals surface area contributed by atoms with E-state index in [1.165, 1.54) is 12.4 Å². The van der Waals surface area contributed by atoms with Gasteiger partial charge in [-0.05, 0) is 41.8 Å². The number of carbonyl (C=O) groups excluding carboxylic acids is 2. The first kappa shape index (κ1) is 18.1. The van der Waals surface area contributed by atoms with Crippen molar-refractivity contribution < 1.29 is 9.59 Å². The van der Waals surface area contributed by atoms with Crippen LogP contribution in [0.2, 0.25) is 0 Å². The summed E-state index contributed by atoms with van der Waals surface area (Å²) in [6.45, 7) is 0. The fourth-order valence-corrected chi connectivity index (χ4v) is 4.11.